The van der Waals surface area contributed by atoms with Crippen LogP contribution in [0.25, 0.3) is 0 Å². The highest BCUT2D eigenvalue weighted by Gasteiger charge is 2.10. The van der Waals surface area contributed by atoms with Gasteiger partial charge in [-0.25, -0.2) is 4.39 Å². The van der Waals surface area contributed by atoms with Crippen LogP contribution < -0.4 is 5.32 Å². The van der Waals surface area contributed by atoms with Gasteiger partial charge in [0.15, 0.2) is 0 Å². The number of benzene rings is 1. The van der Waals surface area contributed by atoms with Gasteiger partial charge in [0.05, 0.1) is 13.2 Å². The quantitative estimate of drug-likeness (QED) is 0.678. The molecule has 1 aromatic carbocycles. The summed E-state index contributed by atoms with van der Waals surface area (Å²) in [5.41, 5.74) is 1.82. The van der Waals surface area contributed by atoms with Crippen LogP contribution in [0, 0.1) is 5.82 Å². The summed E-state index contributed by atoms with van der Waals surface area (Å²) in [6.07, 6.45) is 0. The molecule has 0 unspecified atom stereocenters. The lowest BCUT2D eigenvalue weighted by Gasteiger charge is -2.22. The summed E-state index contributed by atoms with van der Waals surface area (Å²) in [5.74, 6) is -0.157. The van der Waals surface area contributed by atoms with Crippen LogP contribution in [0.1, 0.15) is 18.1 Å². The molecule has 1 rings (SSSR count). The van der Waals surface area contributed by atoms with Crippen molar-refractivity contribution in [1.82, 2.24) is 10.2 Å². The maximum atomic E-state index is 14.0. The molecular weight excluding hydrogens is 271 g/mol. The van der Waals surface area contributed by atoms with Crippen molar-refractivity contribution in [3.05, 3.63) is 35.1 Å². The molecule has 0 bridgehead atoms. The highest BCUT2D eigenvalue weighted by Crippen LogP contribution is 2.13. The second-order valence-electron chi connectivity index (χ2n) is 4.97. The number of nitrogens with one attached hydrogen (secondary N) is 1. The van der Waals surface area contributed by atoms with Crippen molar-refractivity contribution >= 4 is 0 Å². The normalized spacial score (nSPS) is 11.3. The number of halogens is 1. The monoisotopic (exact) mass is 298 g/mol. The lowest BCUT2D eigenvalue weighted by Crippen LogP contribution is -2.30. The van der Waals surface area contributed by atoms with Crippen molar-refractivity contribution in [2.75, 3.05) is 47.1 Å². The Hall–Kier alpha value is -1.01. The molecule has 0 amide bonds. The van der Waals surface area contributed by atoms with E-state index in [0.717, 1.165) is 37.3 Å². The summed E-state index contributed by atoms with van der Waals surface area (Å²) < 4.78 is 24.2. The summed E-state index contributed by atoms with van der Waals surface area (Å²) in [4.78, 5) is 2.14. The van der Waals surface area contributed by atoms with E-state index in [9.17, 15) is 4.39 Å². The van der Waals surface area contributed by atoms with Crippen LogP contribution >= 0.6 is 0 Å². The van der Waals surface area contributed by atoms with Gasteiger partial charge in [-0.3, -0.25) is 4.90 Å². The van der Waals surface area contributed by atoms with Crippen molar-refractivity contribution in [2.45, 2.75) is 20.0 Å². The zero-order valence-corrected chi connectivity index (χ0v) is 13.3. The standard InChI is InChI=1S/C16H27FN2O2/c1-4-18-12-14-5-6-16(17)15(11-14)13-19(7-9-20-2)8-10-21-3/h5-6,11,18H,4,7-10,12-13H2,1-3H3. The van der Waals surface area contributed by atoms with Crippen LogP contribution in [-0.2, 0) is 22.6 Å². The molecule has 4 nitrogen and oxygen atoms in total. The van der Waals surface area contributed by atoms with Gasteiger partial charge >= 0.3 is 0 Å². The Morgan fingerprint density at radius 2 is 1.81 bits per heavy atom. The molecular formula is C16H27FN2O2. The predicted molar refractivity (Wildman–Crippen MR) is 82.8 cm³/mol. The van der Waals surface area contributed by atoms with Crippen LogP contribution in [0.2, 0.25) is 0 Å². The third kappa shape index (κ3) is 7.00. The number of hydrogen-bond donors (Lipinski definition) is 1. The van der Waals surface area contributed by atoms with Gasteiger partial charge in [-0.2, -0.15) is 0 Å². The minimum Gasteiger partial charge on any atom is -0.383 e. The van der Waals surface area contributed by atoms with E-state index < -0.39 is 0 Å². The molecule has 120 valence electrons. The Bertz CT molecular complexity index is 394. The highest BCUT2D eigenvalue weighted by molar-refractivity contribution is 5.25. The van der Waals surface area contributed by atoms with Crippen molar-refractivity contribution in [3.8, 4) is 0 Å². The smallest absolute Gasteiger partial charge is 0.127 e. The molecule has 0 heterocycles. The fourth-order valence-corrected chi connectivity index (χ4v) is 2.08. The molecule has 21 heavy (non-hydrogen) atoms. The van der Waals surface area contributed by atoms with E-state index in [1.165, 1.54) is 0 Å². The summed E-state index contributed by atoms with van der Waals surface area (Å²) in [6.45, 7) is 7.07. The van der Waals surface area contributed by atoms with E-state index in [1.54, 1.807) is 20.3 Å². The summed E-state index contributed by atoms with van der Waals surface area (Å²) in [6, 6.07) is 5.31. The summed E-state index contributed by atoms with van der Waals surface area (Å²) in [5, 5.41) is 3.26. The maximum absolute atomic E-state index is 14.0. The van der Waals surface area contributed by atoms with Crippen LogP contribution in [0.5, 0.6) is 0 Å². The molecule has 5 heteroatoms. The number of ether oxygens (including phenoxy) is 2. The van der Waals surface area contributed by atoms with Crippen LogP contribution in [-0.4, -0.2) is 52.0 Å². The first-order valence-corrected chi connectivity index (χ1v) is 7.39. The van der Waals surface area contributed by atoms with E-state index in [4.69, 9.17) is 9.47 Å². The fraction of sp³-hybridized carbons (Fsp3) is 0.625. The van der Waals surface area contributed by atoms with Crippen molar-refractivity contribution in [3.63, 3.8) is 0 Å². The van der Waals surface area contributed by atoms with E-state index >= 15 is 0 Å². The number of methoxy groups -OCH3 is 2. The van der Waals surface area contributed by atoms with Gasteiger partial charge in [-0.05, 0) is 18.2 Å². The Morgan fingerprint density at radius 1 is 1.14 bits per heavy atom. The second-order valence-corrected chi connectivity index (χ2v) is 4.97. The van der Waals surface area contributed by atoms with E-state index in [2.05, 4.69) is 17.1 Å². The van der Waals surface area contributed by atoms with E-state index in [1.807, 2.05) is 12.1 Å². The molecule has 0 fully saturated rings. The number of hydrogen-bond acceptors (Lipinski definition) is 4. The Kier molecular flexibility index (Phi) is 9.17. The average Bonchev–Trinajstić information content (AvgIpc) is 2.50. The Balaban J connectivity index is 2.70. The largest absolute Gasteiger partial charge is 0.383 e. The predicted octanol–water partition coefficient (Wildman–Crippen LogP) is 2.03. The molecule has 0 aliphatic carbocycles. The Labute approximate surface area is 127 Å². The highest BCUT2D eigenvalue weighted by atomic mass is 19.1. The van der Waals surface area contributed by atoms with Crippen molar-refractivity contribution < 1.29 is 13.9 Å². The molecule has 1 N–H and O–H groups in total. The van der Waals surface area contributed by atoms with Gasteiger partial charge in [0.25, 0.3) is 0 Å². The molecule has 0 radical (unpaired) electrons. The SMILES string of the molecule is CCNCc1ccc(F)c(CN(CCOC)CCOC)c1. The molecule has 0 spiro atoms. The molecule has 1 aromatic rings. The number of nitrogens with zero attached hydrogens (tertiary/aromatic N) is 1. The number of rotatable bonds is 11. The third-order valence-electron chi connectivity index (χ3n) is 3.31. The van der Waals surface area contributed by atoms with E-state index in [0.29, 0.717) is 19.8 Å². The van der Waals surface area contributed by atoms with Gasteiger partial charge < -0.3 is 14.8 Å². The van der Waals surface area contributed by atoms with Gasteiger partial charge in [0.2, 0.25) is 0 Å². The lowest BCUT2D eigenvalue weighted by atomic mass is 10.1. The fourth-order valence-electron chi connectivity index (χ4n) is 2.08. The molecule has 0 aliphatic heterocycles. The van der Waals surface area contributed by atoms with Crippen molar-refractivity contribution in [1.29, 1.82) is 0 Å². The molecule has 0 aromatic heterocycles. The van der Waals surface area contributed by atoms with Gasteiger partial charge in [-0.15, -0.1) is 0 Å². The van der Waals surface area contributed by atoms with Crippen LogP contribution in [0.3, 0.4) is 0 Å². The molecule has 0 saturated carbocycles. The van der Waals surface area contributed by atoms with Gasteiger partial charge in [0.1, 0.15) is 5.82 Å². The molecule has 0 aliphatic rings. The molecule has 0 atom stereocenters. The topological polar surface area (TPSA) is 33.7 Å². The summed E-state index contributed by atoms with van der Waals surface area (Å²) in [7, 11) is 3.35. The minimum atomic E-state index is -0.157. The minimum absolute atomic E-state index is 0.157. The second kappa shape index (κ2) is 10.7. The Morgan fingerprint density at radius 3 is 2.38 bits per heavy atom. The third-order valence-corrected chi connectivity index (χ3v) is 3.31. The molecule has 0 saturated heterocycles. The van der Waals surface area contributed by atoms with Crippen LogP contribution in [0.15, 0.2) is 18.2 Å². The first kappa shape index (κ1) is 18.0. The lowest BCUT2D eigenvalue weighted by molar-refractivity contribution is 0.109. The average molecular weight is 298 g/mol. The van der Waals surface area contributed by atoms with Gasteiger partial charge in [0, 0.05) is 46.0 Å². The van der Waals surface area contributed by atoms with Gasteiger partial charge in [-0.1, -0.05) is 19.1 Å². The van der Waals surface area contributed by atoms with Crippen molar-refractivity contribution in [2.24, 2.45) is 0 Å². The first-order valence-electron chi connectivity index (χ1n) is 7.39. The zero-order chi connectivity index (χ0) is 15.5. The zero-order valence-electron chi connectivity index (χ0n) is 13.3. The van der Waals surface area contributed by atoms with Crippen LogP contribution in [0.4, 0.5) is 4.39 Å². The summed E-state index contributed by atoms with van der Waals surface area (Å²) >= 11 is 0. The van der Waals surface area contributed by atoms with E-state index in [-0.39, 0.29) is 5.82 Å². The maximum Gasteiger partial charge on any atom is 0.127 e. The first-order chi connectivity index (χ1) is 10.2.